The van der Waals surface area contributed by atoms with E-state index in [1.807, 2.05) is 0 Å². The maximum absolute atomic E-state index is 12.4. The van der Waals surface area contributed by atoms with Gasteiger partial charge in [-0.1, -0.05) is 167 Å². The van der Waals surface area contributed by atoms with Gasteiger partial charge in [0.05, 0.1) is 6.61 Å². The van der Waals surface area contributed by atoms with Crippen molar-refractivity contribution >= 4 is 19.8 Å². The number of allylic oxidation sites excluding steroid dienone is 4. The van der Waals surface area contributed by atoms with Gasteiger partial charge in [0.25, 0.3) is 0 Å². The van der Waals surface area contributed by atoms with Gasteiger partial charge in [-0.15, -0.1) is 0 Å². The van der Waals surface area contributed by atoms with Crippen molar-refractivity contribution in [3.05, 3.63) is 24.3 Å². The molecule has 0 bridgehead atoms. The number of carbonyl (C=O) groups excluding carboxylic acids is 2. The number of hydrogen-bond acceptors (Lipinski definition) is 6. The van der Waals surface area contributed by atoms with Crippen molar-refractivity contribution in [2.75, 3.05) is 13.2 Å². The molecule has 0 aromatic heterocycles. The first-order valence-corrected chi connectivity index (χ1v) is 21.7. The number of phosphoric acid groups is 1. The molecule has 0 aliphatic rings. The van der Waals surface area contributed by atoms with Gasteiger partial charge in [0, 0.05) is 12.8 Å². The van der Waals surface area contributed by atoms with E-state index in [0.717, 1.165) is 57.8 Å². The molecule has 0 aliphatic heterocycles. The van der Waals surface area contributed by atoms with Crippen LogP contribution >= 0.6 is 7.82 Å². The van der Waals surface area contributed by atoms with Crippen molar-refractivity contribution in [3.63, 3.8) is 0 Å². The molecule has 0 saturated heterocycles. The molecule has 0 radical (unpaired) electrons. The fraction of sp³-hybridized carbons (Fsp3) is 0.850. The number of ether oxygens (including phenoxy) is 2. The van der Waals surface area contributed by atoms with Gasteiger partial charge < -0.3 is 19.3 Å². The highest BCUT2D eigenvalue weighted by atomic mass is 31.2. The van der Waals surface area contributed by atoms with E-state index < -0.39 is 32.5 Å². The fourth-order valence-electron chi connectivity index (χ4n) is 5.70. The van der Waals surface area contributed by atoms with Crippen molar-refractivity contribution in [3.8, 4) is 0 Å². The Bertz CT molecular complexity index is 853. The monoisotopic (exact) mass is 715 g/mol. The lowest BCUT2D eigenvalue weighted by atomic mass is 10.0. The van der Waals surface area contributed by atoms with E-state index in [9.17, 15) is 14.2 Å². The number of rotatable bonds is 37. The summed E-state index contributed by atoms with van der Waals surface area (Å²) in [6.07, 6.45) is 40.4. The normalized spacial score (nSPS) is 12.7. The maximum atomic E-state index is 12.4. The van der Waals surface area contributed by atoms with Gasteiger partial charge in [0.2, 0.25) is 0 Å². The molecule has 0 aromatic carbocycles. The summed E-state index contributed by atoms with van der Waals surface area (Å²) in [7, 11) is -4.75. The number of phosphoric ester groups is 1. The molecule has 0 unspecified atom stereocenters. The second-order valence-electron chi connectivity index (χ2n) is 13.6. The van der Waals surface area contributed by atoms with E-state index in [1.165, 1.54) is 109 Å². The Morgan fingerprint density at radius 3 is 1.39 bits per heavy atom. The lowest BCUT2D eigenvalue weighted by molar-refractivity contribution is -0.161. The van der Waals surface area contributed by atoms with Crippen molar-refractivity contribution in [1.29, 1.82) is 0 Å². The SMILES string of the molecule is CCCCC/C=C/C/C=C/CCCCCCCC(=O)O[C@H](COC(=O)CCCCCCCCCCCCCCCCCC)COP(=O)(O)O. The summed E-state index contributed by atoms with van der Waals surface area (Å²) in [6.45, 7) is 3.66. The Kier molecular flexibility index (Phi) is 35.2. The summed E-state index contributed by atoms with van der Waals surface area (Å²) in [6, 6.07) is 0. The second kappa shape index (κ2) is 36.3. The van der Waals surface area contributed by atoms with Gasteiger partial charge in [-0.2, -0.15) is 0 Å². The van der Waals surface area contributed by atoms with E-state index >= 15 is 0 Å². The molecular weight excluding hydrogens is 639 g/mol. The van der Waals surface area contributed by atoms with Gasteiger partial charge in [-0.05, 0) is 44.9 Å². The highest BCUT2D eigenvalue weighted by Crippen LogP contribution is 2.36. The van der Waals surface area contributed by atoms with E-state index in [0.29, 0.717) is 6.42 Å². The summed E-state index contributed by atoms with van der Waals surface area (Å²) < 4.78 is 26.3. The van der Waals surface area contributed by atoms with Crippen LogP contribution in [0, 0.1) is 0 Å². The van der Waals surface area contributed by atoms with Crippen molar-refractivity contribution in [2.45, 2.75) is 206 Å². The number of carbonyl (C=O) groups is 2. The van der Waals surface area contributed by atoms with Gasteiger partial charge in [-0.25, -0.2) is 4.57 Å². The molecule has 2 N–H and O–H groups in total. The standard InChI is InChI=1S/C40H75O8P/c1-3-5-7-9-11-13-15-17-19-21-22-24-26-28-30-32-34-39(41)46-36-38(37-47-49(43,44)45)48-40(42)35-33-31-29-27-25-23-20-18-16-14-12-10-8-6-4-2/h12,14,18,20,38H,3-11,13,15-17,19,21-37H2,1-2H3,(H2,43,44,45)/b14-12+,20-18+/t38-/m1/s1. The van der Waals surface area contributed by atoms with E-state index in [1.54, 1.807) is 0 Å². The number of unbranched alkanes of at least 4 members (excludes halogenated alkanes) is 23. The molecule has 0 rings (SSSR count). The Balaban J connectivity index is 3.93. The molecule has 0 heterocycles. The molecule has 8 nitrogen and oxygen atoms in total. The third-order valence-corrected chi connectivity index (χ3v) is 9.21. The van der Waals surface area contributed by atoms with Crippen LogP contribution in [0.2, 0.25) is 0 Å². The Morgan fingerprint density at radius 2 is 0.918 bits per heavy atom. The van der Waals surface area contributed by atoms with Crippen LogP contribution in [0.3, 0.4) is 0 Å². The molecule has 0 fully saturated rings. The molecule has 0 aliphatic carbocycles. The van der Waals surface area contributed by atoms with E-state index in [2.05, 4.69) is 42.7 Å². The molecule has 0 saturated carbocycles. The molecule has 288 valence electrons. The largest absolute Gasteiger partial charge is 0.469 e. The van der Waals surface area contributed by atoms with E-state index in [4.69, 9.17) is 19.3 Å². The first kappa shape index (κ1) is 47.5. The second-order valence-corrected chi connectivity index (χ2v) is 14.9. The average Bonchev–Trinajstić information content (AvgIpc) is 3.07. The number of hydrogen-bond donors (Lipinski definition) is 2. The highest BCUT2D eigenvalue weighted by Gasteiger charge is 2.22. The highest BCUT2D eigenvalue weighted by molar-refractivity contribution is 7.46. The van der Waals surface area contributed by atoms with Crippen molar-refractivity contribution in [1.82, 2.24) is 0 Å². The Hall–Kier alpha value is -1.47. The predicted octanol–water partition coefficient (Wildman–Crippen LogP) is 12.0. The lowest BCUT2D eigenvalue weighted by Gasteiger charge is -2.18. The van der Waals surface area contributed by atoms with Crippen LogP contribution in [0.4, 0.5) is 0 Å². The zero-order chi connectivity index (χ0) is 36.1. The van der Waals surface area contributed by atoms with Crippen LogP contribution < -0.4 is 0 Å². The summed E-state index contributed by atoms with van der Waals surface area (Å²) in [4.78, 5) is 42.8. The fourth-order valence-corrected chi connectivity index (χ4v) is 6.06. The predicted molar refractivity (Wildman–Crippen MR) is 202 cm³/mol. The van der Waals surface area contributed by atoms with Crippen LogP contribution in [0.1, 0.15) is 200 Å². The smallest absolute Gasteiger partial charge is 0.462 e. The summed E-state index contributed by atoms with van der Waals surface area (Å²) in [5.41, 5.74) is 0. The summed E-state index contributed by atoms with van der Waals surface area (Å²) in [5, 5.41) is 0. The van der Waals surface area contributed by atoms with Gasteiger partial charge in [-0.3, -0.25) is 14.1 Å². The molecule has 0 spiro atoms. The van der Waals surface area contributed by atoms with Gasteiger partial charge >= 0.3 is 19.8 Å². The average molecular weight is 715 g/mol. The van der Waals surface area contributed by atoms with Crippen molar-refractivity contribution < 1.29 is 37.9 Å². The minimum absolute atomic E-state index is 0.198. The van der Waals surface area contributed by atoms with Gasteiger partial charge in [0.15, 0.2) is 6.10 Å². The van der Waals surface area contributed by atoms with Crippen LogP contribution in [0.25, 0.3) is 0 Å². The van der Waals surface area contributed by atoms with Gasteiger partial charge in [0.1, 0.15) is 6.61 Å². The number of esters is 2. The Morgan fingerprint density at radius 1 is 0.531 bits per heavy atom. The van der Waals surface area contributed by atoms with Crippen LogP contribution in [0.5, 0.6) is 0 Å². The van der Waals surface area contributed by atoms with E-state index in [-0.39, 0.29) is 19.4 Å². The van der Waals surface area contributed by atoms with Crippen LogP contribution in [0.15, 0.2) is 24.3 Å². The zero-order valence-corrected chi connectivity index (χ0v) is 32.5. The minimum Gasteiger partial charge on any atom is -0.462 e. The molecule has 0 amide bonds. The van der Waals surface area contributed by atoms with Crippen LogP contribution in [-0.2, 0) is 28.2 Å². The molecule has 0 aromatic rings. The minimum atomic E-state index is -4.75. The molecule has 9 heteroatoms. The topological polar surface area (TPSA) is 119 Å². The summed E-state index contributed by atoms with van der Waals surface area (Å²) >= 11 is 0. The molecule has 49 heavy (non-hydrogen) atoms. The zero-order valence-electron chi connectivity index (χ0n) is 31.6. The first-order valence-electron chi connectivity index (χ1n) is 20.1. The summed E-state index contributed by atoms with van der Waals surface area (Å²) in [5.74, 6) is -0.893. The third-order valence-electron chi connectivity index (χ3n) is 8.72. The Labute approximate surface area is 300 Å². The quantitative estimate of drug-likeness (QED) is 0.0282. The molecule has 1 atom stereocenters. The third kappa shape index (κ3) is 39.2. The first-order chi connectivity index (χ1) is 23.8. The maximum Gasteiger partial charge on any atom is 0.469 e. The van der Waals surface area contributed by atoms with Crippen molar-refractivity contribution in [2.24, 2.45) is 0 Å². The molecular formula is C40H75O8P. The lowest BCUT2D eigenvalue weighted by Crippen LogP contribution is -2.29. The van der Waals surface area contributed by atoms with Crippen LogP contribution in [-0.4, -0.2) is 41.0 Å².